The summed E-state index contributed by atoms with van der Waals surface area (Å²) < 4.78 is 18.2. The van der Waals surface area contributed by atoms with Gasteiger partial charge in [0.25, 0.3) is 0 Å². The molecule has 6 nitrogen and oxygen atoms in total. The summed E-state index contributed by atoms with van der Waals surface area (Å²) in [5.41, 5.74) is 2.96. The van der Waals surface area contributed by atoms with Crippen LogP contribution in [0.2, 0.25) is 0 Å². The van der Waals surface area contributed by atoms with Gasteiger partial charge in [0.1, 0.15) is 11.9 Å². The van der Waals surface area contributed by atoms with Crippen molar-refractivity contribution in [1.82, 2.24) is 4.90 Å². The number of halogens is 1. The summed E-state index contributed by atoms with van der Waals surface area (Å²) in [6.45, 7) is 2.16. The number of nitriles is 1. The molecule has 0 bridgehead atoms. The van der Waals surface area contributed by atoms with Gasteiger partial charge < -0.3 is 9.64 Å². The first kappa shape index (κ1) is 14.0. The maximum atomic E-state index is 13.0. The van der Waals surface area contributed by atoms with Crippen molar-refractivity contribution >= 4 is 17.2 Å². The Labute approximate surface area is 116 Å². The van der Waals surface area contributed by atoms with Gasteiger partial charge in [0.15, 0.2) is 5.84 Å². The van der Waals surface area contributed by atoms with Crippen LogP contribution in [0.25, 0.3) is 0 Å². The Morgan fingerprint density at radius 1 is 1.45 bits per heavy atom. The molecule has 0 amide bonds. The summed E-state index contributed by atoms with van der Waals surface area (Å²) >= 11 is 0. The monoisotopic (exact) mass is 275 g/mol. The zero-order valence-corrected chi connectivity index (χ0v) is 10.8. The number of benzene rings is 1. The largest absolute Gasteiger partial charge is 0.378 e. The van der Waals surface area contributed by atoms with Gasteiger partial charge >= 0.3 is 0 Å². The van der Waals surface area contributed by atoms with Crippen molar-refractivity contribution < 1.29 is 9.13 Å². The first-order chi connectivity index (χ1) is 9.70. The minimum absolute atomic E-state index is 0.0414. The number of hydrazone groups is 1. The number of hydrogen-bond donors (Lipinski definition) is 2. The molecule has 0 radical (unpaired) electrons. The Hall–Kier alpha value is -2.46. The predicted octanol–water partition coefficient (Wildman–Crippen LogP) is 1.43. The second-order valence-corrected chi connectivity index (χ2v) is 4.14. The third-order valence-electron chi connectivity index (χ3n) is 2.78. The van der Waals surface area contributed by atoms with E-state index < -0.39 is 5.82 Å². The number of rotatable bonds is 3. The summed E-state index contributed by atoms with van der Waals surface area (Å²) in [7, 11) is 0. The SMILES string of the molecule is N#CC(=NNc1cccc(F)c1)C(=N)N1CCOCC1. The maximum Gasteiger partial charge on any atom is 0.202 e. The highest BCUT2D eigenvalue weighted by molar-refractivity contribution is 6.46. The molecular weight excluding hydrogens is 261 g/mol. The van der Waals surface area contributed by atoms with Crippen LogP contribution >= 0.6 is 0 Å². The molecule has 2 rings (SSSR count). The summed E-state index contributed by atoms with van der Waals surface area (Å²) in [5.74, 6) is -0.355. The average molecular weight is 275 g/mol. The van der Waals surface area contributed by atoms with Crippen LogP contribution in [0.15, 0.2) is 29.4 Å². The van der Waals surface area contributed by atoms with Gasteiger partial charge in [-0.1, -0.05) is 6.07 Å². The first-order valence-corrected chi connectivity index (χ1v) is 6.11. The Bertz CT molecular complexity index is 560. The Balaban J connectivity index is 2.05. The average Bonchev–Trinajstić information content (AvgIpc) is 2.48. The van der Waals surface area contributed by atoms with Gasteiger partial charge in [0.05, 0.1) is 18.9 Å². The van der Waals surface area contributed by atoms with Crippen molar-refractivity contribution in [2.75, 3.05) is 31.7 Å². The van der Waals surface area contributed by atoms with E-state index in [9.17, 15) is 4.39 Å². The Kier molecular flexibility index (Phi) is 4.63. The molecule has 0 spiro atoms. The van der Waals surface area contributed by atoms with Gasteiger partial charge in [-0.05, 0) is 18.2 Å². The second-order valence-electron chi connectivity index (χ2n) is 4.14. The summed E-state index contributed by atoms with van der Waals surface area (Å²) in [5, 5.41) is 20.9. The van der Waals surface area contributed by atoms with Crippen LogP contribution < -0.4 is 5.43 Å². The second kappa shape index (κ2) is 6.63. The molecule has 1 aliphatic heterocycles. The van der Waals surface area contributed by atoms with Crippen LogP contribution in [0.1, 0.15) is 0 Å². The lowest BCUT2D eigenvalue weighted by Gasteiger charge is -2.28. The van der Waals surface area contributed by atoms with Crippen molar-refractivity contribution in [2.45, 2.75) is 0 Å². The minimum Gasteiger partial charge on any atom is -0.378 e. The Morgan fingerprint density at radius 2 is 2.20 bits per heavy atom. The minimum atomic E-state index is -0.396. The molecule has 1 aromatic carbocycles. The van der Waals surface area contributed by atoms with E-state index in [-0.39, 0.29) is 11.5 Å². The molecule has 104 valence electrons. The number of nitrogens with zero attached hydrogens (tertiary/aromatic N) is 3. The van der Waals surface area contributed by atoms with Gasteiger partial charge in [-0.25, -0.2) is 4.39 Å². The number of hydrogen-bond acceptors (Lipinski definition) is 5. The smallest absolute Gasteiger partial charge is 0.202 e. The predicted molar refractivity (Wildman–Crippen MR) is 73.2 cm³/mol. The third kappa shape index (κ3) is 3.52. The molecule has 20 heavy (non-hydrogen) atoms. The van der Waals surface area contributed by atoms with Gasteiger partial charge in [0.2, 0.25) is 5.71 Å². The highest BCUT2D eigenvalue weighted by Crippen LogP contribution is 2.09. The van der Waals surface area contributed by atoms with Gasteiger partial charge in [-0.2, -0.15) is 10.4 Å². The molecule has 2 N–H and O–H groups in total. The van der Waals surface area contributed by atoms with E-state index in [1.54, 1.807) is 11.0 Å². The zero-order chi connectivity index (χ0) is 14.4. The van der Waals surface area contributed by atoms with Crippen LogP contribution in [0, 0.1) is 22.6 Å². The normalized spacial score (nSPS) is 15.6. The van der Waals surface area contributed by atoms with Crippen LogP contribution in [0.5, 0.6) is 0 Å². The lowest BCUT2D eigenvalue weighted by molar-refractivity contribution is 0.0686. The summed E-state index contributed by atoms with van der Waals surface area (Å²) in [4.78, 5) is 1.72. The highest BCUT2D eigenvalue weighted by Gasteiger charge is 2.18. The number of ether oxygens (including phenoxy) is 1. The van der Waals surface area contributed by atoms with Crippen LogP contribution in [-0.4, -0.2) is 42.8 Å². The van der Waals surface area contributed by atoms with E-state index >= 15 is 0 Å². The van der Waals surface area contributed by atoms with Crippen molar-refractivity contribution in [3.05, 3.63) is 30.1 Å². The van der Waals surface area contributed by atoms with Crippen molar-refractivity contribution in [2.24, 2.45) is 5.10 Å². The zero-order valence-electron chi connectivity index (χ0n) is 10.8. The fraction of sp³-hybridized carbons (Fsp3) is 0.308. The topological polar surface area (TPSA) is 84.5 Å². The van der Waals surface area contributed by atoms with E-state index in [4.69, 9.17) is 15.4 Å². The number of anilines is 1. The van der Waals surface area contributed by atoms with Gasteiger partial charge in [-0.15, -0.1) is 0 Å². The molecule has 1 aromatic rings. The quantitative estimate of drug-likeness (QED) is 0.496. The molecular formula is C13H14FN5O. The molecule has 0 aromatic heterocycles. The molecule has 0 aliphatic carbocycles. The first-order valence-electron chi connectivity index (χ1n) is 6.11. The van der Waals surface area contributed by atoms with E-state index in [1.165, 1.54) is 18.2 Å². The lowest BCUT2D eigenvalue weighted by atomic mass is 10.3. The molecule has 0 atom stereocenters. The van der Waals surface area contributed by atoms with Crippen molar-refractivity contribution in [3.8, 4) is 6.07 Å². The molecule has 0 unspecified atom stereocenters. The molecule has 1 aliphatic rings. The van der Waals surface area contributed by atoms with E-state index in [2.05, 4.69) is 10.5 Å². The van der Waals surface area contributed by atoms with Gasteiger partial charge in [0, 0.05) is 13.1 Å². The highest BCUT2D eigenvalue weighted by atomic mass is 19.1. The van der Waals surface area contributed by atoms with E-state index in [1.807, 2.05) is 6.07 Å². The number of nitrogens with one attached hydrogen (secondary N) is 2. The molecule has 1 fully saturated rings. The van der Waals surface area contributed by atoms with Crippen molar-refractivity contribution in [1.29, 1.82) is 10.7 Å². The van der Waals surface area contributed by atoms with Crippen LogP contribution in [0.3, 0.4) is 0 Å². The van der Waals surface area contributed by atoms with Crippen LogP contribution in [0.4, 0.5) is 10.1 Å². The van der Waals surface area contributed by atoms with Crippen LogP contribution in [-0.2, 0) is 4.74 Å². The molecule has 7 heteroatoms. The number of morpholine rings is 1. The van der Waals surface area contributed by atoms with Gasteiger partial charge in [-0.3, -0.25) is 10.8 Å². The fourth-order valence-corrected chi connectivity index (χ4v) is 1.75. The van der Waals surface area contributed by atoms with Crippen molar-refractivity contribution in [3.63, 3.8) is 0 Å². The molecule has 0 saturated carbocycles. The van der Waals surface area contributed by atoms with E-state index in [0.717, 1.165) is 0 Å². The van der Waals surface area contributed by atoms with E-state index in [0.29, 0.717) is 32.0 Å². The fourth-order valence-electron chi connectivity index (χ4n) is 1.75. The summed E-state index contributed by atoms with van der Waals surface area (Å²) in [6.07, 6.45) is 0. The third-order valence-corrected chi connectivity index (χ3v) is 2.78. The lowest BCUT2D eigenvalue weighted by Crippen LogP contribution is -2.43. The standard InChI is InChI=1S/C13H14FN5O/c14-10-2-1-3-11(8-10)17-18-12(9-15)13(16)19-4-6-20-7-5-19/h1-3,8,16-17H,4-7H2. The maximum absolute atomic E-state index is 13.0. The number of amidine groups is 1. The Morgan fingerprint density at radius 3 is 2.85 bits per heavy atom. The summed E-state index contributed by atoms with van der Waals surface area (Å²) in [6, 6.07) is 7.61. The molecule has 1 heterocycles. The molecule has 1 saturated heterocycles.